The molecule has 0 bridgehead atoms. The number of hydrogen-bond acceptors (Lipinski definition) is 5. The fourth-order valence-electron chi connectivity index (χ4n) is 1.32. The highest BCUT2D eigenvalue weighted by Gasteiger charge is 2.21. The predicted molar refractivity (Wildman–Crippen MR) is 53.9 cm³/mol. The summed E-state index contributed by atoms with van der Waals surface area (Å²) in [4.78, 5) is 10.7. The molecule has 1 aliphatic rings. The molecule has 0 amide bonds. The molecule has 0 aliphatic carbocycles. The Bertz CT molecular complexity index is 338. The second kappa shape index (κ2) is 5.27. The normalized spacial score (nSPS) is 22.1. The van der Waals surface area contributed by atoms with Crippen LogP contribution in [0.15, 0.2) is 11.5 Å². The highest BCUT2D eigenvalue weighted by atomic mass is 32.2. The molecule has 1 saturated heterocycles. The Morgan fingerprint density at radius 1 is 1.60 bits per heavy atom. The molecule has 1 aliphatic heterocycles. The Morgan fingerprint density at radius 2 is 2.33 bits per heavy atom. The molecule has 1 heterocycles. The maximum Gasteiger partial charge on any atom is 0.331 e. The zero-order chi connectivity index (χ0) is 11.3. The van der Waals surface area contributed by atoms with E-state index in [1.165, 1.54) is 7.11 Å². The minimum Gasteiger partial charge on any atom is -0.466 e. The lowest BCUT2D eigenvalue weighted by atomic mass is 10.3. The second-order valence-electron chi connectivity index (χ2n) is 3.29. The van der Waals surface area contributed by atoms with Crippen molar-refractivity contribution in [3.05, 3.63) is 11.5 Å². The number of hydrogen-bond donors (Lipinski definition) is 0. The van der Waals surface area contributed by atoms with Crippen LogP contribution < -0.4 is 0 Å². The summed E-state index contributed by atoms with van der Waals surface area (Å²) < 4.78 is 32.4. The molecule has 0 aromatic rings. The summed E-state index contributed by atoms with van der Waals surface area (Å²) in [5, 5.41) is 0.876. The van der Waals surface area contributed by atoms with E-state index < -0.39 is 15.8 Å². The lowest BCUT2D eigenvalue weighted by molar-refractivity contribution is -0.134. The molecular weight excluding hydrogens is 220 g/mol. The summed E-state index contributed by atoms with van der Waals surface area (Å²) in [6.07, 6.45) is 2.31. The average molecular weight is 234 g/mol. The van der Waals surface area contributed by atoms with E-state index in [0.717, 1.165) is 24.3 Å². The molecule has 5 nitrogen and oxygen atoms in total. The van der Waals surface area contributed by atoms with Crippen LogP contribution in [0.1, 0.15) is 12.8 Å². The molecule has 0 N–H and O–H groups in total. The smallest absolute Gasteiger partial charge is 0.331 e. The molecular formula is C9H14O5S. The van der Waals surface area contributed by atoms with Gasteiger partial charge in [-0.25, -0.2) is 13.2 Å². The number of rotatable bonds is 4. The van der Waals surface area contributed by atoms with Crippen molar-refractivity contribution in [2.75, 3.05) is 19.5 Å². The van der Waals surface area contributed by atoms with Crippen molar-refractivity contribution in [3.8, 4) is 0 Å². The highest BCUT2D eigenvalue weighted by Crippen LogP contribution is 2.14. The van der Waals surface area contributed by atoms with Gasteiger partial charge in [0.05, 0.1) is 19.0 Å². The number of ether oxygens (including phenoxy) is 2. The quantitative estimate of drug-likeness (QED) is 0.515. The molecule has 0 radical (unpaired) electrons. The first-order valence-electron chi connectivity index (χ1n) is 4.64. The molecule has 1 unspecified atom stereocenters. The van der Waals surface area contributed by atoms with Gasteiger partial charge in [-0.05, 0) is 12.8 Å². The third-order valence-electron chi connectivity index (χ3n) is 2.05. The molecule has 1 atom stereocenters. The van der Waals surface area contributed by atoms with Crippen LogP contribution in [0.2, 0.25) is 0 Å². The fourth-order valence-corrected chi connectivity index (χ4v) is 2.53. The maximum absolute atomic E-state index is 11.4. The van der Waals surface area contributed by atoms with E-state index in [4.69, 9.17) is 4.74 Å². The molecule has 0 spiro atoms. The van der Waals surface area contributed by atoms with Crippen molar-refractivity contribution in [1.82, 2.24) is 0 Å². The Morgan fingerprint density at radius 3 is 2.87 bits per heavy atom. The number of sulfone groups is 1. The van der Waals surface area contributed by atoms with Crippen LogP contribution in [0.4, 0.5) is 0 Å². The second-order valence-corrected chi connectivity index (χ2v) is 5.22. The van der Waals surface area contributed by atoms with Crippen LogP contribution in [0.25, 0.3) is 0 Å². The zero-order valence-corrected chi connectivity index (χ0v) is 9.33. The van der Waals surface area contributed by atoms with E-state index >= 15 is 0 Å². The van der Waals surface area contributed by atoms with Crippen LogP contribution in [-0.4, -0.2) is 40.0 Å². The molecule has 6 heteroatoms. The molecule has 1 fully saturated rings. The van der Waals surface area contributed by atoms with E-state index in [-0.39, 0.29) is 11.9 Å². The van der Waals surface area contributed by atoms with Gasteiger partial charge >= 0.3 is 5.97 Å². The third-order valence-corrected chi connectivity index (χ3v) is 3.44. The summed E-state index contributed by atoms with van der Waals surface area (Å²) in [5.41, 5.74) is 0. The van der Waals surface area contributed by atoms with Gasteiger partial charge in [-0.2, -0.15) is 0 Å². The zero-order valence-electron chi connectivity index (χ0n) is 8.51. The fraction of sp³-hybridized carbons (Fsp3) is 0.667. The minimum atomic E-state index is -3.38. The van der Waals surface area contributed by atoms with Gasteiger partial charge in [-0.1, -0.05) is 0 Å². The van der Waals surface area contributed by atoms with E-state index in [0.29, 0.717) is 6.61 Å². The first-order chi connectivity index (χ1) is 7.03. The monoisotopic (exact) mass is 234 g/mol. The first-order valence-corrected chi connectivity index (χ1v) is 6.35. The van der Waals surface area contributed by atoms with Gasteiger partial charge in [0.2, 0.25) is 0 Å². The van der Waals surface area contributed by atoms with Gasteiger partial charge in [0.1, 0.15) is 0 Å². The van der Waals surface area contributed by atoms with Crippen molar-refractivity contribution in [2.45, 2.75) is 18.9 Å². The Hall–Kier alpha value is -0.880. The average Bonchev–Trinajstić information content (AvgIpc) is 2.66. The Balaban J connectivity index is 2.51. The maximum atomic E-state index is 11.4. The largest absolute Gasteiger partial charge is 0.466 e. The summed E-state index contributed by atoms with van der Waals surface area (Å²) in [5.74, 6) is -0.744. The van der Waals surface area contributed by atoms with Crippen LogP contribution in [0.5, 0.6) is 0 Å². The lowest BCUT2D eigenvalue weighted by Crippen LogP contribution is -2.18. The Labute approximate surface area is 89.0 Å². The van der Waals surface area contributed by atoms with Crippen LogP contribution in [-0.2, 0) is 24.1 Å². The molecule has 1 rings (SSSR count). The number of carbonyl (C=O) groups excluding carboxylic acids is 1. The van der Waals surface area contributed by atoms with E-state index in [2.05, 4.69) is 4.74 Å². The van der Waals surface area contributed by atoms with Gasteiger partial charge in [0, 0.05) is 18.1 Å². The topological polar surface area (TPSA) is 69.7 Å². The minimum absolute atomic E-state index is 0.0690. The predicted octanol–water partition coefficient (Wildman–Crippen LogP) is 0.267. The van der Waals surface area contributed by atoms with Crippen molar-refractivity contribution in [3.63, 3.8) is 0 Å². The van der Waals surface area contributed by atoms with Gasteiger partial charge in [-0.3, -0.25) is 0 Å². The van der Waals surface area contributed by atoms with Crippen molar-refractivity contribution < 1.29 is 22.7 Å². The number of esters is 1. The lowest BCUT2D eigenvalue weighted by Gasteiger charge is -2.06. The molecule has 0 aromatic heterocycles. The van der Waals surface area contributed by atoms with Gasteiger partial charge < -0.3 is 9.47 Å². The molecule has 86 valence electrons. The highest BCUT2D eigenvalue weighted by molar-refractivity contribution is 7.94. The van der Waals surface area contributed by atoms with Crippen LogP contribution >= 0.6 is 0 Å². The SMILES string of the molecule is COC(=O)/C=C/S(=O)(=O)CC1CCCO1. The summed E-state index contributed by atoms with van der Waals surface area (Å²) in [6, 6.07) is 0. The standard InChI is InChI=1S/C9H14O5S/c1-13-9(10)4-6-15(11,12)7-8-3-2-5-14-8/h4,6,8H,2-3,5,7H2,1H3/b6-4+. The van der Waals surface area contributed by atoms with Crippen molar-refractivity contribution in [2.24, 2.45) is 0 Å². The number of methoxy groups -OCH3 is 1. The van der Waals surface area contributed by atoms with Gasteiger partial charge in [0.15, 0.2) is 9.84 Å². The van der Waals surface area contributed by atoms with Crippen LogP contribution in [0, 0.1) is 0 Å². The van der Waals surface area contributed by atoms with E-state index in [1.54, 1.807) is 0 Å². The van der Waals surface area contributed by atoms with Gasteiger partial charge in [0.25, 0.3) is 0 Å². The van der Waals surface area contributed by atoms with Crippen molar-refractivity contribution >= 4 is 15.8 Å². The summed E-state index contributed by atoms with van der Waals surface area (Å²) >= 11 is 0. The van der Waals surface area contributed by atoms with Crippen molar-refractivity contribution in [1.29, 1.82) is 0 Å². The van der Waals surface area contributed by atoms with E-state index in [9.17, 15) is 13.2 Å². The molecule has 0 saturated carbocycles. The molecule has 0 aromatic carbocycles. The molecule has 15 heavy (non-hydrogen) atoms. The van der Waals surface area contributed by atoms with Crippen LogP contribution in [0.3, 0.4) is 0 Å². The van der Waals surface area contributed by atoms with Gasteiger partial charge in [-0.15, -0.1) is 0 Å². The van der Waals surface area contributed by atoms with E-state index in [1.807, 2.05) is 0 Å². The Kier molecular flexibility index (Phi) is 4.28. The summed E-state index contributed by atoms with van der Waals surface area (Å²) in [7, 11) is -2.18. The summed E-state index contributed by atoms with van der Waals surface area (Å²) in [6.45, 7) is 0.612. The number of carbonyl (C=O) groups is 1. The third kappa shape index (κ3) is 4.44. The first kappa shape index (κ1) is 12.2.